The minimum Gasteiger partial charge on any atom is -0.436 e. The van der Waals surface area contributed by atoms with Crippen LogP contribution < -0.4 is 4.90 Å². The molecule has 0 atom stereocenters. The zero-order chi connectivity index (χ0) is 35.6. The monoisotopic (exact) mass is 708 g/mol. The molecule has 4 heteroatoms. The highest BCUT2D eigenvalue weighted by atomic mass is 32.1. The standard InChI is InChI=1S/C50H32N2OS/c1-4-15-33(16-5-1)49-51-44-32-37(28-30-46(44)53-49)52(45-25-14-23-41-40-22-11-13-26-47(40)54-48(41)45)36-27-29-39-38-21-10-12-24-42(38)50(43(39)31-36,34-17-6-2-7-18-34)35-19-8-3-9-20-35/h1-32H. The van der Waals surface area contributed by atoms with Crippen LogP contribution in [0.2, 0.25) is 0 Å². The fourth-order valence-corrected chi connectivity index (χ4v) is 9.87. The minimum atomic E-state index is -0.513. The van der Waals surface area contributed by atoms with Gasteiger partial charge < -0.3 is 9.32 Å². The summed E-state index contributed by atoms with van der Waals surface area (Å²) in [5.41, 5.74) is 12.8. The van der Waals surface area contributed by atoms with Crippen LogP contribution >= 0.6 is 11.3 Å². The SMILES string of the molecule is c1ccc(-c2nc3cc(N(c4ccc5c(c4)C(c4ccccc4)(c4ccccc4)c4ccccc4-5)c4cccc5c4sc4ccccc45)ccc3o2)cc1. The number of fused-ring (bicyclic) bond motifs is 7. The number of nitrogens with zero attached hydrogens (tertiary/aromatic N) is 2. The fourth-order valence-electron chi connectivity index (χ4n) is 8.67. The normalized spacial score (nSPS) is 13.0. The largest absolute Gasteiger partial charge is 0.436 e. The zero-order valence-corrected chi connectivity index (χ0v) is 30.0. The van der Waals surface area contributed by atoms with Crippen molar-refractivity contribution in [3.8, 4) is 22.6 Å². The summed E-state index contributed by atoms with van der Waals surface area (Å²) in [6.07, 6.45) is 0. The van der Waals surface area contributed by atoms with Gasteiger partial charge in [0, 0.05) is 32.4 Å². The van der Waals surface area contributed by atoms with Crippen LogP contribution in [0.1, 0.15) is 22.3 Å². The molecule has 0 unspecified atom stereocenters. The van der Waals surface area contributed by atoms with Crippen LogP contribution in [0.5, 0.6) is 0 Å². The van der Waals surface area contributed by atoms with Crippen molar-refractivity contribution in [1.82, 2.24) is 4.98 Å². The summed E-state index contributed by atoms with van der Waals surface area (Å²) >= 11 is 1.84. The van der Waals surface area contributed by atoms with Crippen molar-refractivity contribution >= 4 is 59.7 Å². The number of aromatic nitrogens is 1. The lowest BCUT2D eigenvalue weighted by molar-refractivity contribution is 0.620. The molecule has 1 aliphatic carbocycles. The Morgan fingerprint density at radius 1 is 0.500 bits per heavy atom. The lowest BCUT2D eigenvalue weighted by Crippen LogP contribution is -2.28. The van der Waals surface area contributed by atoms with E-state index in [0.29, 0.717) is 5.89 Å². The third kappa shape index (κ3) is 4.57. The van der Waals surface area contributed by atoms with Gasteiger partial charge in [-0.2, -0.15) is 0 Å². The van der Waals surface area contributed by atoms with Crippen LogP contribution in [0.25, 0.3) is 53.9 Å². The Morgan fingerprint density at radius 2 is 1.13 bits per heavy atom. The highest BCUT2D eigenvalue weighted by Crippen LogP contribution is 2.57. The summed E-state index contributed by atoms with van der Waals surface area (Å²) in [6.45, 7) is 0. The third-order valence-electron chi connectivity index (χ3n) is 11.0. The Hall–Kier alpha value is -6.75. The summed E-state index contributed by atoms with van der Waals surface area (Å²) in [7, 11) is 0. The van der Waals surface area contributed by atoms with E-state index < -0.39 is 5.41 Å². The first kappa shape index (κ1) is 30.8. The zero-order valence-electron chi connectivity index (χ0n) is 29.2. The van der Waals surface area contributed by atoms with Crippen LogP contribution in [0.4, 0.5) is 17.1 Å². The average Bonchev–Trinajstić information content (AvgIpc) is 3.93. The molecule has 10 aromatic rings. The number of oxazole rings is 1. The summed E-state index contributed by atoms with van der Waals surface area (Å²) < 4.78 is 8.82. The van der Waals surface area contributed by atoms with E-state index in [2.05, 4.69) is 169 Å². The Kier molecular flexibility index (Phi) is 6.94. The first-order chi connectivity index (χ1) is 26.8. The maximum absolute atomic E-state index is 6.30. The van der Waals surface area contributed by atoms with Gasteiger partial charge in [-0.1, -0.05) is 140 Å². The topological polar surface area (TPSA) is 29.3 Å². The molecular formula is C50H32N2OS. The lowest BCUT2D eigenvalue weighted by atomic mass is 9.67. The second kappa shape index (κ2) is 12.2. The molecule has 254 valence electrons. The molecule has 1 aliphatic rings. The molecule has 0 bridgehead atoms. The maximum Gasteiger partial charge on any atom is 0.227 e. The quantitative estimate of drug-likeness (QED) is 0.172. The van der Waals surface area contributed by atoms with Gasteiger partial charge >= 0.3 is 0 Å². The molecule has 8 aromatic carbocycles. The molecule has 0 aliphatic heterocycles. The van der Waals surface area contributed by atoms with E-state index in [0.717, 1.165) is 33.7 Å². The van der Waals surface area contributed by atoms with E-state index in [4.69, 9.17) is 9.40 Å². The predicted molar refractivity (Wildman–Crippen MR) is 224 cm³/mol. The van der Waals surface area contributed by atoms with E-state index in [-0.39, 0.29) is 0 Å². The van der Waals surface area contributed by atoms with Crippen molar-refractivity contribution in [2.24, 2.45) is 0 Å². The van der Waals surface area contributed by atoms with Gasteiger partial charge in [0.15, 0.2) is 5.58 Å². The summed E-state index contributed by atoms with van der Waals surface area (Å²) in [5, 5.41) is 2.53. The summed E-state index contributed by atoms with van der Waals surface area (Å²) in [5.74, 6) is 0.617. The van der Waals surface area contributed by atoms with Crippen LogP contribution in [0, 0.1) is 0 Å². The Balaban J connectivity index is 1.19. The van der Waals surface area contributed by atoms with E-state index in [9.17, 15) is 0 Å². The van der Waals surface area contributed by atoms with E-state index in [1.807, 2.05) is 41.7 Å². The number of benzene rings is 8. The Bertz CT molecular complexity index is 2960. The molecule has 0 radical (unpaired) electrons. The van der Waals surface area contributed by atoms with Crippen molar-refractivity contribution in [2.45, 2.75) is 5.41 Å². The van der Waals surface area contributed by atoms with Crippen LogP contribution in [-0.2, 0) is 5.41 Å². The first-order valence-electron chi connectivity index (χ1n) is 18.3. The van der Waals surface area contributed by atoms with E-state index in [1.54, 1.807) is 0 Å². The smallest absolute Gasteiger partial charge is 0.227 e. The lowest BCUT2D eigenvalue weighted by Gasteiger charge is -2.35. The molecule has 2 aromatic heterocycles. The van der Waals surface area contributed by atoms with E-state index in [1.165, 1.54) is 53.6 Å². The summed E-state index contributed by atoms with van der Waals surface area (Å²) in [6, 6.07) is 69.9. The highest BCUT2D eigenvalue weighted by Gasteiger charge is 2.46. The van der Waals surface area contributed by atoms with Crippen LogP contribution in [0.15, 0.2) is 199 Å². The van der Waals surface area contributed by atoms with Gasteiger partial charge in [-0.15, -0.1) is 11.3 Å². The van der Waals surface area contributed by atoms with Crippen molar-refractivity contribution in [3.63, 3.8) is 0 Å². The minimum absolute atomic E-state index is 0.513. The van der Waals surface area contributed by atoms with Crippen molar-refractivity contribution in [1.29, 1.82) is 0 Å². The fraction of sp³-hybridized carbons (Fsp3) is 0.0200. The second-order valence-corrected chi connectivity index (χ2v) is 14.9. The van der Waals surface area contributed by atoms with Gasteiger partial charge in [0.25, 0.3) is 0 Å². The molecule has 0 saturated heterocycles. The number of hydrogen-bond donors (Lipinski definition) is 0. The van der Waals surface area contributed by atoms with Crippen LogP contribution in [-0.4, -0.2) is 4.98 Å². The molecule has 3 nitrogen and oxygen atoms in total. The molecule has 0 saturated carbocycles. The number of hydrogen-bond acceptors (Lipinski definition) is 4. The third-order valence-corrected chi connectivity index (χ3v) is 12.2. The predicted octanol–water partition coefficient (Wildman–Crippen LogP) is 13.7. The molecular weight excluding hydrogens is 677 g/mol. The summed E-state index contributed by atoms with van der Waals surface area (Å²) in [4.78, 5) is 7.42. The number of rotatable bonds is 6. The van der Waals surface area contributed by atoms with Gasteiger partial charge in [-0.3, -0.25) is 0 Å². The number of thiophene rings is 1. The molecule has 0 N–H and O–H groups in total. The molecule has 0 fully saturated rings. The second-order valence-electron chi connectivity index (χ2n) is 13.9. The average molecular weight is 709 g/mol. The van der Waals surface area contributed by atoms with Crippen LogP contribution in [0.3, 0.4) is 0 Å². The van der Waals surface area contributed by atoms with Gasteiger partial charge in [0.1, 0.15) is 5.52 Å². The van der Waals surface area contributed by atoms with Crippen molar-refractivity contribution in [2.75, 3.05) is 4.90 Å². The number of anilines is 3. The molecule has 11 rings (SSSR count). The van der Waals surface area contributed by atoms with E-state index >= 15 is 0 Å². The van der Waals surface area contributed by atoms with Gasteiger partial charge in [0.2, 0.25) is 5.89 Å². The van der Waals surface area contributed by atoms with Gasteiger partial charge in [0.05, 0.1) is 15.8 Å². The molecule has 2 heterocycles. The Labute approximate surface area is 317 Å². The highest BCUT2D eigenvalue weighted by molar-refractivity contribution is 7.26. The van der Waals surface area contributed by atoms with Crippen molar-refractivity contribution in [3.05, 3.63) is 216 Å². The molecule has 54 heavy (non-hydrogen) atoms. The Morgan fingerprint density at radius 3 is 1.93 bits per heavy atom. The first-order valence-corrected chi connectivity index (χ1v) is 19.1. The van der Waals surface area contributed by atoms with Gasteiger partial charge in [-0.25, -0.2) is 4.98 Å². The molecule has 0 amide bonds. The molecule has 0 spiro atoms. The van der Waals surface area contributed by atoms with Gasteiger partial charge in [-0.05, 0) is 88.0 Å². The van der Waals surface area contributed by atoms with Crippen molar-refractivity contribution < 1.29 is 4.42 Å². The maximum atomic E-state index is 6.30.